The number of aryl methyl sites for hydroxylation is 2. The second-order valence-corrected chi connectivity index (χ2v) is 10.3. The molecular formula is C33H32BrN3O5. The molecule has 0 spiro atoms. The summed E-state index contributed by atoms with van der Waals surface area (Å²) in [5, 5.41) is 6.95. The van der Waals surface area contributed by atoms with Crippen LogP contribution in [0, 0.1) is 13.8 Å². The van der Waals surface area contributed by atoms with Crippen molar-refractivity contribution in [1.29, 1.82) is 0 Å². The molecule has 0 saturated carbocycles. The van der Waals surface area contributed by atoms with Crippen molar-refractivity contribution >= 4 is 39.6 Å². The van der Waals surface area contributed by atoms with Crippen molar-refractivity contribution in [3.8, 4) is 17.2 Å². The van der Waals surface area contributed by atoms with E-state index in [1.165, 1.54) is 6.21 Å². The minimum atomic E-state index is -0.393. The van der Waals surface area contributed by atoms with Crippen LogP contribution in [0.5, 0.6) is 17.2 Å². The average molecular weight is 631 g/mol. The Morgan fingerprint density at radius 3 is 2.40 bits per heavy atom. The zero-order valence-corrected chi connectivity index (χ0v) is 25.2. The van der Waals surface area contributed by atoms with Gasteiger partial charge in [0, 0.05) is 11.3 Å². The van der Waals surface area contributed by atoms with Crippen LogP contribution in [0.3, 0.4) is 0 Å². The smallest absolute Gasteiger partial charge is 0.271 e. The van der Waals surface area contributed by atoms with E-state index in [0.717, 1.165) is 22.4 Å². The standard InChI is InChI=1S/C33H32BrN3O5/c1-4-40-31-18-26(13-15-30(31)41-20-24-8-6-5-7-9-24)33(39)37-35-19-25-12-14-29(27(34)17-25)42-21-32(38)36-28-16-22(2)10-11-23(28)3/h5-19H,4,20-21H2,1-3H3,(H,36,38)(H,37,39)/b35-19+. The number of nitrogens with one attached hydrogen (secondary N) is 2. The van der Waals surface area contributed by atoms with Gasteiger partial charge in [-0.05, 0) is 101 Å². The molecule has 0 atom stereocenters. The van der Waals surface area contributed by atoms with E-state index in [9.17, 15) is 9.59 Å². The zero-order valence-electron chi connectivity index (χ0n) is 23.6. The number of nitrogens with zero attached hydrogens (tertiary/aromatic N) is 1. The lowest BCUT2D eigenvalue weighted by molar-refractivity contribution is -0.118. The third kappa shape index (κ3) is 8.68. The van der Waals surface area contributed by atoms with Gasteiger partial charge in [-0.15, -0.1) is 0 Å². The first kappa shape index (κ1) is 30.3. The van der Waals surface area contributed by atoms with Gasteiger partial charge in [-0.1, -0.05) is 42.5 Å². The van der Waals surface area contributed by atoms with Crippen LogP contribution >= 0.6 is 15.9 Å². The summed E-state index contributed by atoms with van der Waals surface area (Å²) in [4.78, 5) is 25.1. The number of halogens is 1. The van der Waals surface area contributed by atoms with Crippen molar-refractivity contribution in [3.63, 3.8) is 0 Å². The number of carbonyl (C=O) groups excluding carboxylic acids is 2. The predicted octanol–water partition coefficient (Wildman–Crippen LogP) is 6.83. The minimum absolute atomic E-state index is 0.144. The molecule has 4 rings (SSSR count). The molecule has 2 N–H and O–H groups in total. The summed E-state index contributed by atoms with van der Waals surface area (Å²) in [7, 11) is 0. The molecule has 0 heterocycles. The van der Waals surface area contributed by atoms with Crippen LogP contribution < -0.4 is 25.0 Å². The van der Waals surface area contributed by atoms with Crippen LogP contribution in [0.2, 0.25) is 0 Å². The minimum Gasteiger partial charge on any atom is -0.490 e. The number of hydrogen-bond donors (Lipinski definition) is 2. The highest BCUT2D eigenvalue weighted by molar-refractivity contribution is 9.10. The maximum absolute atomic E-state index is 12.7. The molecule has 0 aliphatic rings. The largest absolute Gasteiger partial charge is 0.490 e. The number of ether oxygens (including phenoxy) is 3. The fourth-order valence-electron chi connectivity index (χ4n) is 3.92. The van der Waals surface area contributed by atoms with Crippen molar-refractivity contribution in [1.82, 2.24) is 5.43 Å². The van der Waals surface area contributed by atoms with E-state index < -0.39 is 5.91 Å². The number of hydrogen-bond acceptors (Lipinski definition) is 6. The molecule has 9 heteroatoms. The van der Waals surface area contributed by atoms with Crippen LogP contribution in [0.15, 0.2) is 94.5 Å². The van der Waals surface area contributed by atoms with Gasteiger partial charge in [-0.3, -0.25) is 9.59 Å². The van der Waals surface area contributed by atoms with Gasteiger partial charge in [-0.2, -0.15) is 5.10 Å². The van der Waals surface area contributed by atoms with Gasteiger partial charge >= 0.3 is 0 Å². The van der Waals surface area contributed by atoms with Gasteiger partial charge in [0.05, 0.1) is 17.3 Å². The second kappa shape index (κ2) is 14.8. The SMILES string of the molecule is CCOc1cc(C(=O)N/N=C/c2ccc(OCC(=O)Nc3cc(C)ccc3C)c(Br)c2)ccc1OCc1ccccc1. The first-order valence-corrected chi connectivity index (χ1v) is 14.2. The normalized spacial score (nSPS) is 10.8. The highest BCUT2D eigenvalue weighted by Gasteiger charge is 2.12. The van der Waals surface area contributed by atoms with E-state index in [1.54, 1.807) is 36.4 Å². The first-order chi connectivity index (χ1) is 20.3. The van der Waals surface area contributed by atoms with E-state index in [1.807, 2.05) is 69.3 Å². The fourth-order valence-corrected chi connectivity index (χ4v) is 4.43. The molecule has 0 aliphatic carbocycles. The highest BCUT2D eigenvalue weighted by Crippen LogP contribution is 2.29. The van der Waals surface area contributed by atoms with Crippen molar-refractivity contribution in [3.05, 3.63) is 117 Å². The Morgan fingerprint density at radius 1 is 0.857 bits per heavy atom. The number of rotatable bonds is 12. The molecule has 2 amide bonds. The summed E-state index contributed by atoms with van der Waals surface area (Å²) < 4.78 is 17.9. The Bertz CT molecular complexity index is 1570. The summed E-state index contributed by atoms with van der Waals surface area (Å²) in [6, 6.07) is 26.0. The molecule has 0 unspecified atom stereocenters. The molecule has 0 aromatic heterocycles. The molecular weight excluding hydrogens is 598 g/mol. The topological polar surface area (TPSA) is 98.3 Å². The lowest BCUT2D eigenvalue weighted by Crippen LogP contribution is -2.20. The number of benzene rings is 4. The van der Waals surface area contributed by atoms with E-state index in [4.69, 9.17) is 14.2 Å². The van der Waals surface area contributed by atoms with Crippen LogP contribution in [0.25, 0.3) is 0 Å². The molecule has 4 aromatic rings. The fraction of sp³-hybridized carbons (Fsp3) is 0.182. The van der Waals surface area contributed by atoms with E-state index in [-0.39, 0.29) is 12.5 Å². The third-order valence-electron chi connectivity index (χ3n) is 6.10. The summed E-state index contributed by atoms with van der Waals surface area (Å²) in [5.41, 5.74) is 7.46. The Hall–Kier alpha value is -4.63. The predicted molar refractivity (Wildman–Crippen MR) is 168 cm³/mol. The first-order valence-electron chi connectivity index (χ1n) is 13.4. The lowest BCUT2D eigenvalue weighted by atomic mass is 10.1. The van der Waals surface area contributed by atoms with Gasteiger partial charge < -0.3 is 19.5 Å². The van der Waals surface area contributed by atoms with Crippen LogP contribution in [0.1, 0.15) is 39.5 Å². The summed E-state index contributed by atoms with van der Waals surface area (Å²) >= 11 is 3.47. The Kier molecular flexibility index (Phi) is 10.7. The summed E-state index contributed by atoms with van der Waals surface area (Å²) in [6.45, 7) is 6.44. The summed E-state index contributed by atoms with van der Waals surface area (Å²) in [6.07, 6.45) is 1.51. The Labute approximate surface area is 253 Å². The molecule has 4 aromatic carbocycles. The van der Waals surface area contributed by atoms with Crippen molar-refractivity contribution in [2.45, 2.75) is 27.4 Å². The van der Waals surface area contributed by atoms with Crippen LogP contribution in [-0.2, 0) is 11.4 Å². The molecule has 42 heavy (non-hydrogen) atoms. The van der Waals surface area contributed by atoms with Gasteiger partial charge in [0.15, 0.2) is 18.1 Å². The van der Waals surface area contributed by atoms with Crippen LogP contribution in [0.4, 0.5) is 5.69 Å². The molecule has 0 saturated heterocycles. The zero-order chi connectivity index (χ0) is 29.9. The maximum atomic E-state index is 12.7. The number of anilines is 1. The third-order valence-corrected chi connectivity index (χ3v) is 6.72. The maximum Gasteiger partial charge on any atom is 0.271 e. The van der Waals surface area contributed by atoms with E-state index in [2.05, 4.69) is 31.8 Å². The number of carbonyl (C=O) groups is 2. The van der Waals surface area contributed by atoms with Gasteiger partial charge in [0.25, 0.3) is 11.8 Å². The highest BCUT2D eigenvalue weighted by atomic mass is 79.9. The van der Waals surface area contributed by atoms with Gasteiger partial charge in [-0.25, -0.2) is 5.43 Å². The Morgan fingerprint density at radius 2 is 1.64 bits per heavy atom. The Balaban J connectivity index is 1.31. The van der Waals surface area contributed by atoms with Gasteiger partial charge in [0.1, 0.15) is 12.4 Å². The monoisotopic (exact) mass is 629 g/mol. The summed E-state index contributed by atoms with van der Waals surface area (Å²) in [5.74, 6) is 0.885. The van der Waals surface area contributed by atoms with Crippen LogP contribution in [-0.4, -0.2) is 31.2 Å². The van der Waals surface area contributed by atoms with E-state index >= 15 is 0 Å². The molecule has 8 nitrogen and oxygen atoms in total. The average Bonchev–Trinajstić information content (AvgIpc) is 2.98. The van der Waals surface area contributed by atoms with Gasteiger partial charge in [0.2, 0.25) is 0 Å². The lowest BCUT2D eigenvalue weighted by Gasteiger charge is -2.13. The quantitative estimate of drug-likeness (QED) is 0.132. The number of amides is 2. The molecule has 0 bridgehead atoms. The molecule has 0 fully saturated rings. The second-order valence-electron chi connectivity index (χ2n) is 9.41. The van der Waals surface area contributed by atoms with Crippen molar-refractivity contribution in [2.75, 3.05) is 18.5 Å². The van der Waals surface area contributed by atoms with Crippen molar-refractivity contribution in [2.24, 2.45) is 5.10 Å². The molecule has 0 radical (unpaired) electrons. The van der Waals surface area contributed by atoms with Crippen molar-refractivity contribution < 1.29 is 23.8 Å². The van der Waals surface area contributed by atoms with E-state index in [0.29, 0.717) is 46.1 Å². The molecule has 0 aliphatic heterocycles. The number of hydrazone groups is 1. The molecule has 216 valence electrons.